The molecule has 0 aliphatic rings. The van der Waals surface area contributed by atoms with Crippen LogP contribution in [0, 0.1) is 13.8 Å². The van der Waals surface area contributed by atoms with E-state index in [-0.39, 0.29) is 22.7 Å². The van der Waals surface area contributed by atoms with Crippen molar-refractivity contribution in [3.8, 4) is 11.4 Å². The van der Waals surface area contributed by atoms with Crippen molar-refractivity contribution in [3.05, 3.63) is 113 Å². The SMILES string of the molecule is Cc1cc(C(=O)Nc2ccccc2O)c(C)n1-c1ccccc1C(F)(F)F.O=C(O)c1ccccc1. The molecule has 3 aromatic carbocycles. The van der Waals surface area contributed by atoms with Crippen LogP contribution in [-0.4, -0.2) is 26.7 Å². The van der Waals surface area contributed by atoms with E-state index >= 15 is 0 Å². The quantitative estimate of drug-likeness (QED) is 0.283. The number of aromatic carboxylic acids is 1. The van der Waals surface area contributed by atoms with Crippen LogP contribution < -0.4 is 5.32 Å². The molecule has 0 bridgehead atoms. The van der Waals surface area contributed by atoms with Crippen molar-refractivity contribution in [2.45, 2.75) is 20.0 Å². The minimum atomic E-state index is -4.52. The molecule has 1 aromatic heterocycles. The van der Waals surface area contributed by atoms with Crippen LogP contribution in [0.15, 0.2) is 84.9 Å². The number of hydrogen-bond acceptors (Lipinski definition) is 3. The monoisotopic (exact) mass is 496 g/mol. The zero-order valence-electron chi connectivity index (χ0n) is 19.4. The summed E-state index contributed by atoms with van der Waals surface area (Å²) in [7, 11) is 0. The molecular formula is C27H23F3N2O4. The second-order valence-electron chi connectivity index (χ2n) is 7.78. The van der Waals surface area contributed by atoms with Gasteiger partial charge in [0.15, 0.2) is 0 Å². The Morgan fingerprint density at radius 3 is 2.03 bits per heavy atom. The Labute approximate surface area is 205 Å². The number of anilines is 1. The molecule has 0 aliphatic heterocycles. The Morgan fingerprint density at radius 1 is 0.861 bits per heavy atom. The van der Waals surface area contributed by atoms with Crippen molar-refractivity contribution in [2.75, 3.05) is 5.32 Å². The summed E-state index contributed by atoms with van der Waals surface area (Å²) in [5.74, 6) is -1.49. The maximum absolute atomic E-state index is 13.4. The van der Waals surface area contributed by atoms with Gasteiger partial charge >= 0.3 is 12.1 Å². The normalized spacial score (nSPS) is 10.8. The average molecular weight is 496 g/mol. The standard InChI is InChI=1S/C20H17F3N2O2.C7H6O2/c1-12-11-14(19(27)24-16-8-4-6-10-18(16)26)13(2)25(12)17-9-5-3-7-15(17)20(21,22)23;8-7(9)6-4-2-1-3-5-6/h3-11,26H,1-2H3,(H,24,27);1-5H,(H,8,9). The van der Waals surface area contributed by atoms with Gasteiger partial charge < -0.3 is 20.1 Å². The number of carboxylic acids is 1. The van der Waals surface area contributed by atoms with E-state index in [1.54, 1.807) is 56.3 Å². The number of nitrogens with one attached hydrogen (secondary N) is 1. The topological polar surface area (TPSA) is 91.6 Å². The number of para-hydroxylation sites is 3. The molecule has 36 heavy (non-hydrogen) atoms. The van der Waals surface area contributed by atoms with Gasteiger partial charge in [0.25, 0.3) is 5.91 Å². The molecule has 4 aromatic rings. The number of carboxylic acid groups (broad SMARTS) is 1. The number of amides is 1. The molecule has 0 atom stereocenters. The molecule has 6 nitrogen and oxygen atoms in total. The van der Waals surface area contributed by atoms with E-state index in [0.29, 0.717) is 17.0 Å². The zero-order valence-corrected chi connectivity index (χ0v) is 19.4. The number of benzene rings is 3. The lowest BCUT2D eigenvalue weighted by atomic mass is 10.1. The predicted molar refractivity (Wildman–Crippen MR) is 130 cm³/mol. The van der Waals surface area contributed by atoms with E-state index in [1.807, 2.05) is 0 Å². The van der Waals surface area contributed by atoms with Gasteiger partial charge in [0.1, 0.15) is 5.75 Å². The second-order valence-corrected chi connectivity index (χ2v) is 7.78. The Hall–Kier alpha value is -4.53. The van der Waals surface area contributed by atoms with Gasteiger partial charge in [-0.25, -0.2) is 4.79 Å². The lowest BCUT2D eigenvalue weighted by Gasteiger charge is -2.17. The van der Waals surface area contributed by atoms with E-state index in [0.717, 1.165) is 6.07 Å². The van der Waals surface area contributed by atoms with Crippen molar-refractivity contribution in [1.82, 2.24) is 4.57 Å². The van der Waals surface area contributed by atoms with Crippen LogP contribution in [-0.2, 0) is 6.18 Å². The molecule has 9 heteroatoms. The Balaban J connectivity index is 0.000000338. The number of alkyl halides is 3. The number of nitrogens with zero attached hydrogens (tertiary/aromatic N) is 1. The molecule has 4 rings (SSSR count). The fraction of sp³-hybridized carbons (Fsp3) is 0.111. The fourth-order valence-corrected chi connectivity index (χ4v) is 3.62. The summed E-state index contributed by atoms with van der Waals surface area (Å²) >= 11 is 0. The number of phenols is 1. The van der Waals surface area contributed by atoms with Crippen LogP contribution in [0.3, 0.4) is 0 Å². The first-order chi connectivity index (χ1) is 17.0. The largest absolute Gasteiger partial charge is 0.506 e. The minimum Gasteiger partial charge on any atom is -0.506 e. The third-order valence-electron chi connectivity index (χ3n) is 5.30. The summed E-state index contributed by atoms with van der Waals surface area (Å²) < 4.78 is 41.5. The Kier molecular flexibility index (Phi) is 7.83. The summed E-state index contributed by atoms with van der Waals surface area (Å²) in [4.78, 5) is 22.8. The average Bonchev–Trinajstić information content (AvgIpc) is 3.14. The second kappa shape index (κ2) is 10.8. The van der Waals surface area contributed by atoms with Gasteiger partial charge in [-0.05, 0) is 56.3 Å². The van der Waals surface area contributed by atoms with Gasteiger partial charge in [0, 0.05) is 11.4 Å². The summed E-state index contributed by atoms with van der Waals surface area (Å²) in [5, 5.41) is 20.8. The van der Waals surface area contributed by atoms with Crippen molar-refractivity contribution in [3.63, 3.8) is 0 Å². The van der Waals surface area contributed by atoms with E-state index < -0.39 is 23.6 Å². The van der Waals surface area contributed by atoms with Gasteiger partial charge in [0.05, 0.1) is 28.1 Å². The van der Waals surface area contributed by atoms with Crippen LogP contribution >= 0.6 is 0 Å². The number of carbonyl (C=O) groups excluding carboxylic acids is 1. The highest BCUT2D eigenvalue weighted by atomic mass is 19.4. The molecule has 0 saturated heterocycles. The van der Waals surface area contributed by atoms with Crippen molar-refractivity contribution in [2.24, 2.45) is 0 Å². The van der Waals surface area contributed by atoms with Gasteiger partial charge in [-0.1, -0.05) is 42.5 Å². The maximum atomic E-state index is 13.4. The third kappa shape index (κ3) is 5.93. The van der Waals surface area contributed by atoms with E-state index in [4.69, 9.17) is 5.11 Å². The summed E-state index contributed by atoms with van der Waals surface area (Å²) in [6.07, 6.45) is -4.52. The van der Waals surface area contributed by atoms with Crippen molar-refractivity contribution in [1.29, 1.82) is 0 Å². The molecule has 186 valence electrons. The number of hydrogen-bond donors (Lipinski definition) is 3. The highest BCUT2D eigenvalue weighted by molar-refractivity contribution is 6.06. The summed E-state index contributed by atoms with van der Waals surface area (Å²) in [6, 6.07) is 21.3. The maximum Gasteiger partial charge on any atom is 0.418 e. The number of aryl methyl sites for hydroxylation is 1. The molecule has 0 fully saturated rings. The molecular weight excluding hydrogens is 473 g/mol. The first kappa shape index (κ1) is 26.1. The lowest BCUT2D eigenvalue weighted by molar-refractivity contribution is -0.137. The number of halogens is 3. The van der Waals surface area contributed by atoms with Crippen LogP contribution in [0.25, 0.3) is 5.69 Å². The lowest BCUT2D eigenvalue weighted by Crippen LogP contribution is -2.15. The smallest absolute Gasteiger partial charge is 0.418 e. The minimum absolute atomic E-state index is 0.0402. The Morgan fingerprint density at radius 2 is 1.44 bits per heavy atom. The molecule has 0 aliphatic carbocycles. The fourth-order valence-electron chi connectivity index (χ4n) is 3.62. The van der Waals surface area contributed by atoms with E-state index in [9.17, 15) is 27.9 Å². The first-order valence-corrected chi connectivity index (χ1v) is 10.7. The van der Waals surface area contributed by atoms with Gasteiger partial charge in [-0.15, -0.1) is 0 Å². The zero-order chi connectivity index (χ0) is 26.5. The molecule has 3 N–H and O–H groups in total. The Bertz CT molecular complexity index is 1380. The molecule has 0 unspecified atom stereocenters. The van der Waals surface area contributed by atoms with Gasteiger partial charge in [0.2, 0.25) is 0 Å². The van der Waals surface area contributed by atoms with Gasteiger partial charge in [-0.2, -0.15) is 13.2 Å². The number of carbonyl (C=O) groups is 2. The molecule has 0 radical (unpaired) electrons. The number of aromatic nitrogens is 1. The molecule has 1 heterocycles. The summed E-state index contributed by atoms with van der Waals surface area (Å²) in [6.45, 7) is 3.22. The van der Waals surface area contributed by atoms with Crippen LogP contribution in [0.4, 0.5) is 18.9 Å². The first-order valence-electron chi connectivity index (χ1n) is 10.7. The predicted octanol–water partition coefficient (Wildman–Crippen LogP) is 6.46. The van der Waals surface area contributed by atoms with E-state index in [2.05, 4.69) is 5.32 Å². The molecule has 0 spiro atoms. The van der Waals surface area contributed by atoms with E-state index in [1.165, 1.54) is 41.0 Å². The number of rotatable bonds is 4. The van der Waals surface area contributed by atoms with Gasteiger partial charge in [-0.3, -0.25) is 4.79 Å². The number of phenolic OH excluding ortho intramolecular Hbond substituents is 1. The third-order valence-corrected chi connectivity index (χ3v) is 5.30. The van der Waals surface area contributed by atoms with Crippen molar-refractivity contribution >= 4 is 17.6 Å². The summed E-state index contributed by atoms with van der Waals surface area (Å²) in [5.41, 5.74) is 0.832. The van der Waals surface area contributed by atoms with Crippen LogP contribution in [0.1, 0.15) is 37.7 Å². The highest BCUT2D eigenvalue weighted by Crippen LogP contribution is 2.35. The molecule has 0 saturated carbocycles. The van der Waals surface area contributed by atoms with Crippen LogP contribution in [0.5, 0.6) is 5.75 Å². The number of aromatic hydroxyl groups is 1. The van der Waals surface area contributed by atoms with Crippen molar-refractivity contribution < 1.29 is 33.0 Å². The van der Waals surface area contributed by atoms with Crippen LogP contribution in [0.2, 0.25) is 0 Å². The molecule has 1 amide bonds. The highest BCUT2D eigenvalue weighted by Gasteiger charge is 2.34.